The first-order valence-electron chi connectivity index (χ1n) is 3.38. The highest BCUT2D eigenvalue weighted by Crippen LogP contribution is 2.23. The van der Waals surface area contributed by atoms with E-state index in [1.807, 2.05) is 0 Å². The normalized spacial score (nSPS) is 10.4. The number of thioether (sulfide) groups is 1. The molecule has 0 saturated carbocycles. The SMILES string of the molecule is CCCSc1nnc(CCl)s1. The van der Waals surface area contributed by atoms with Crippen molar-refractivity contribution in [2.75, 3.05) is 5.75 Å². The lowest BCUT2D eigenvalue weighted by Crippen LogP contribution is -1.75. The summed E-state index contributed by atoms with van der Waals surface area (Å²) in [4.78, 5) is 0. The summed E-state index contributed by atoms with van der Waals surface area (Å²) >= 11 is 8.90. The summed E-state index contributed by atoms with van der Waals surface area (Å²) in [7, 11) is 0. The van der Waals surface area contributed by atoms with E-state index in [0.717, 1.165) is 15.1 Å². The Balaban J connectivity index is 2.44. The average molecular weight is 209 g/mol. The maximum absolute atomic E-state index is 5.57. The summed E-state index contributed by atoms with van der Waals surface area (Å²) in [6.45, 7) is 2.15. The summed E-state index contributed by atoms with van der Waals surface area (Å²) < 4.78 is 1.03. The van der Waals surface area contributed by atoms with Crippen molar-refractivity contribution in [3.8, 4) is 0 Å². The van der Waals surface area contributed by atoms with Gasteiger partial charge in [0.05, 0.1) is 5.88 Å². The van der Waals surface area contributed by atoms with E-state index in [0.29, 0.717) is 5.88 Å². The molecule has 0 aliphatic heterocycles. The third kappa shape index (κ3) is 2.97. The van der Waals surface area contributed by atoms with E-state index in [1.54, 1.807) is 23.1 Å². The van der Waals surface area contributed by atoms with Gasteiger partial charge in [-0.3, -0.25) is 0 Å². The van der Waals surface area contributed by atoms with Gasteiger partial charge in [0.1, 0.15) is 5.01 Å². The standard InChI is InChI=1S/C6H9ClN2S2/c1-2-3-10-6-9-8-5(4-7)11-6/h2-4H2,1H3. The van der Waals surface area contributed by atoms with Crippen molar-refractivity contribution in [2.24, 2.45) is 0 Å². The molecule has 0 aromatic carbocycles. The zero-order valence-electron chi connectivity index (χ0n) is 6.21. The van der Waals surface area contributed by atoms with Gasteiger partial charge in [-0.1, -0.05) is 30.0 Å². The van der Waals surface area contributed by atoms with Crippen LogP contribution in [0, 0.1) is 0 Å². The van der Waals surface area contributed by atoms with Gasteiger partial charge in [0.2, 0.25) is 0 Å². The molecule has 0 N–H and O–H groups in total. The second kappa shape index (κ2) is 4.95. The van der Waals surface area contributed by atoms with Crippen LogP contribution in [0.1, 0.15) is 18.4 Å². The van der Waals surface area contributed by atoms with Crippen LogP contribution < -0.4 is 0 Å². The smallest absolute Gasteiger partial charge is 0.141 e. The number of halogens is 1. The first-order chi connectivity index (χ1) is 5.36. The number of hydrogen-bond donors (Lipinski definition) is 0. The zero-order valence-corrected chi connectivity index (χ0v) is 8.60. The summed E-state index contributed by atoms with van der Waals surface area (Å²) in [5.74, 6) is 1.58. The molecule has 0 radical (unpaired) electrons. The van der Waals surface area contributed by atoms with Crippen LogP contribution in [0.4, 0.5) is 0 Å². The fourth-order valence-corrected chi connectivity index (χ4v) is 2.43. The van der Waals surface area contributed by atoms with E-state index in [-0.39, 0.29) is 0 Å². The third-order valence-corrected chi connectivity index (χ3v) is 3.67. The maximum Gasteiger partial charge on any atom is 0.174 e. The van der Waals surface area contributed by atoms with Crippen molar-refractivity contribution >= 4 is 34.7 Å². The first-order valence-corrected chi connectivity index (χ1v) is 5.71. The van der Waals surface area contributed by atoms with E-state index >= 15 is 0 Å². The highest BCUT2D eigenvalue weighted by atomic mass is 35.5. The van der Waals surface area contributed by atoms with Gasteiger partial charge in [0.25, 0.3) is 0 Å². The van der Waals surface area contributed by atoms with Crippen LogP contribution in [0.3, 0.4) is 0 Å². The summed E-state index contributed by atoms with van der Waals surface area (Å²) in [6.07, 6.45) is 1.17. The fourth-order valence-electron chi connectivity index (χ4n) is 0.540. The number of nitrogens with zero attached hydrogens (tertiary/aromatic N) is 2. The highest BCUT2D eigenvalue weighted by molar-refractivity contribution is 8.01. The van der Waals surface area contributed by atoms with Crippen LogP contribution in [0.5, 0.6) is 0 Å². The van der Waals surface area contributed by atoms with E-state index < -0.39 is 0 Å². The largest absolute Gasteiger partial charge is 0.174 e. The molecule has 5 heteroatoms. The molecule has 1 rings (SSSR count). The van der Waals surface area contributed by atoms with Crippen molar-refractivity contribution in [1.82, 2.24) is 10.2 Å². The Morgan fingerprint density at radius 3 is 2.91 bits per heavy atom. The van der Waals surface area contributed by atoms with Gasteiger partial charge < -0.3 is 0 Å². The molecule has 0 aliphatic rings. The average Bonchev–Trinajstić information content (AvgIpc) is 2.48. The second-order valence-electron chi connectivity index (χ2n) is 1.94. The van der Waals surface area contributed by atoms with Crippen LogP contribution in [0.2, 0.25) is 0 Å². The van der Waals surface area contributed by atoms with Gasteiger partial charge in [-0.05, 0) is 6.42 Å². The summed E-state index contributed by atoms with van der Waals surface area (Å²) in [6, 6.07) is 0. The molecule has 0 saturated heterocycles. The van der Waals surface area contributed by atoms with Crippen LogP contribution in [0.25, 0.3) is 0 Å². The Labute approximate surface area is 79.4 Å². The molecule has 2 nitrogen and oxygen atoms in total. The number of aromatic nitrogens is 2. The molecule has 0 atom stereocenters. The number of alkyl halides is 1. The number of rotatable bonds is 4. The topological polar surface area (TPSA) is 25.8 Å². The van der Waals surface area contributed by atoms with E-state index in [1.165, 1.54) is 6.42 Å². The van der Waals surface area contributed by atoms with Gasteiger partial charge in [0.15, 0.2) is 4.34 Å². The zero-order chi connectivity index (χ0) is 8.10. The molecule has 1 aromatic heterocycles. The van der Waals surface area contributed by atoms with Crippen molar-refractivity contribution in [1.29, 1.82) is 0 Å². The number of hydrogen-bond acceptors (Lipinski definition) is 4. The Morgan fingerprint density at radius 2 is 2.36 bits per heavy atom. The molecule has 1 heterocycles. The van der Waals surface area contributed by atoms with E-state index in [9.17, 15) is 0 Å². The lowest BCUT2D eigenvalue weighted by Gasteiger charge is -1.88. The predicted molar refractivity (Wildman–Crippen MR) is 50.5 cm³/mol. The molecule has 62 valence electrons. The molecule has 11 heavy (non-hydrogen) atoms. The van der Waals surface area contributed by atoms with E-state index in [2.05, 4.69) is 17.1 Å². The predicted octanol–water partition coefficient (Wildman–Crippen LogP) is 2.78. The molecular weight excluding hydrogens is 200 g/mol. The second-order valence-corrected chi connectivity index (χ2v) is 4.62. The summed E-state index contributed by atoms with van der Waals surface area (Å²) in [5.41, 5.74) is 0. The molecule has 1 aromatic rings. The Kier molecular flexibility index (Phi) is 4.18. The van der Waals surface area contributed by atoms with E-state index in [4.69, 9.17) is 11.6 Å². The van der Waals surface area contributed by atoms with Gasteiger partial charge >= 0.3 is 0 Å². The maximum atomic E-state index is 5.57. The van der Waals surface area contributed by atoms with Crippen molar-refractivity contribution in [3.63, 3.8) is 0 Å². The Bertz CT molecular complexity index is 214. The minimum atomic E-state index is 0.477. The van der Waals surface area contributed by atoms with Gasteiger partial charge in [-0.2, -0.15) is 0 Å². The lowest BCUT2D eigenvalue weighted by atomic mass is 10.6. The van der Waals surface area contributed by atoms with Crippen molar-refractivity contribution < 1.29 is 0 Å². The Morgan fingerprint density at radius 1 is 1.55 bits per heavy atom. The lowest BCUT2D eigenvalue weighted by molar-refractivity contribution is 0.975. The van der Waals surface area contributed by atoms with Crippen LogP contribution in [0.15, 0.2) is 4.34 Å². The van der Waals surface area contributed by atoms with Gasteiger partial charge in [-0.15, -0.1) is 21.8 Å². The monoisotopic (exact) mass is 208 g/mol. The Hall–Kier alpha value is 0.200. The van der Waals surface area contributed by atoms with Gasteiger partial charge in [0, 0.05) is 5.75 Å². The molecule has 0 unspecified atom stereocenters. The minimum absolute atomic E-state index is 0.477. The molecule has 0 bridgehead atoms. The first kappa shape index (κ1) is 9.29. The van der Waals surface area contributed by atoms with Crippen LogP contribution in [-0.4, -0.2) is 16.0 Å². The highest BCUT2D eigenvalue weighted by Gasteiger charge is 2.01. The van der Waals surface area contributed by atoms with Crippen molar-refractivity contribution in [3.05, 3.63) is 5.01 Å². The molecular formula is C6H9ClN2S2. The van der Waals surface area contributed by atoms with Crippen LogP contribution >= 0.6 is 34.7 Å². The van der Waals surface area contributed by atoms with Crippen molar-refractivity contribution in [2.45, 2.75) is 23.6 Å². The minimum Gasteiger partial charge on any atom is -0.141 e. The fraction of sp³-hybridized carbons (Fsp3) is 0.667. The summed E-state index contributed by atoms with van der Waals surface area (Å²) in [5, 5.41) is 8.78. The molecule has 0 spiro atoms. The quantitative estimate of drug-likeness (QED) is 0.562. The van der Waals surface area contributed by atoms with Gasteiger partial charge in [-0.25, -0.2) is 0 Å². The molecule has 0 aliphatic carbocycles. The molecule has 0 fully saturated rings. The third-order valence-electron chi connectivity index (χ3n) is 0.992. The van der Waals surface area contributed by atoms with Crippen LogP contribution in [-0.2, 0) is 5.88 Å². The molecule has 0 amide bonds.